The van der Waals surface area contributed by atoms with E-state index in [9.17, 15) is 9.59 Å². The van der Waals surface area contributed by atoms with E-state index >= 15 is 0 Å². The van der Waals surface area contributed by atoms with E-state index < -0.39 is 5.41 Å². The number of hydrogen-bond donors (Lipinski definition) is 1. The molecule has 5 saturated carbocycles. The Morgan fingerprint density at radius 1 is 1.04 bits per heavy atom. The molecule has 1 amide bonds. The van der Waals surface area contributed by atoms with Crippen molar-refractivity contribution in [1.29, 1.82) is 0 Å². The number of amides is 1. The molecule has 28 heavy (non-hydrogen) atoms. The second-order valence-electron chi connectivity index (χ2n) is 10.1. The zero-order valence-corrected chi connectivity index (χ0v) is 16.8. The van der Waals surface area contributed by atoms with Gasteiger partial charge in [-0.1, -0.05) is 30.3 Å². The van der Waals surface area contributed by atoms with Gasteiger partial charge in [-0.05, 0) is 87.0 Å². The molecule has 4 heteroatoms. The molecule has 1 aromatic rings. The van der Waals surface area contributed by atoms with Crippen LogP contribution in [0.5, 0.6) is 0 Å². The van der Waals surface area contributed by atoms with Gasteiger partial charge in [0.1, 0.15) is 0 Å². The second kappa shape index (κ2) is 6.60. The van der Waals surface area contributed by atoms with Gasteiger partial charge in [0, 0.05) is 6.04 Å². The van der Waals surface area contributed by atoms with Crippen molar-refractivity contribution < 1.29 is 14.3 Å². The molecule has 6 rings (SSSR count). The van der Waals surface area contributed by atoms with Crippen molar-refractivity contribution in [3.8, 4) is 0 Å². The van der Waals surface area contributed by atoms with Gasteiger partial charge in [-0.3, -0.25) is 9.59 Å². The van der Waals surface area contributed by atoms with Crippen LogP contribution in [0.25, 0.3) is 0 Å². The Bertz CT molecular complexity index is 732. The molecule has 0 heterocycles. The molecule has 5 aliphatic carbocycles. The van der Waals surface area contributed by atoms with E-state index in [0.717, 1.165) is 36.2 Å². The number of benzene rings is 1. The molecular formula is C24H31NO3. The van der Waals surface area contributed by atoms with Gasteiger partial charge in [0.2, 0.25) is 0 Å². The van der Waals surface area contributed by atoms with Crippen LogP contribution in [0.4, 0.5) is 0 Å². The molecule has 4 bridgehead atoms. The lowest BCUT2D eigenvalue weighted by Gasteiger charge is -2.59. The molecule has 1 N–H and O–H groups in total. The highest BCUT2D eigenvalue weighted by Gasteiger charge is 2.54. The summed E-state index contributed by atoms with van der Waals surface area (Å²) in [6.45, 7) is 2.00. The second-order valence-corrected chi connectivity index (χ2v) is 10.1. The van der Waals surface area contributed by atoms with Crippen LogP contribution < -0.4 is 5.32 Å². The summed E-state index contributed by atoms with van der Waals surface area (Å²) in [5, 5.41) is 3.19. The fraction of sp³-hybridized carbons (Fsp3) is 0.667. The largest absolute Gasteiger partial charge is 0.455 e. The van der Waals surface area contributed by atoms with E-state index in [1.54, 1.807) is 0 Å². The van der Waals surface area contributed by atoms with Gasteiger partial charge < -0.3 is 10.1 Å². The monoisotopic (exact) mass is 381 g/mol. The van der Waals surface area contributed by atoms with Crippen LogP contribution in [0.15, 0.2) is 30.3 Å². The Labute approximate surface area is 167 Å². The molecule has 5 aliphatic rings. The summed E-state index contributed by atoms with van der Waals surface area (Å²) in [5.41, 5.74) is 0.755. The summed E-state index contributed by atoms with van der Waals surface area (Å²) in [4.78, 5) is 25.2. The Morgan fingerprint density at radius 2 is 1.61 bits per heavy atom. The van der Waals surface area contributed by atoms with Crippen LogP contribution >= 0.6 is 0 Å². The molecule has 0 saturated heterocycles. The minimum Gasteiger partial charge on any atom is -0.455 e. The maximum Gasteiger partial charge on any atom is 0.317 e. The maximum absolute atomic E-state index is 12.6. The van der Waals surface area contributed by atoms with Crippen molar-refractivity contribution in [3.05, 3.63) is 35.9 Å². The third kappa shape index (κ3) is 3.05. The first-order valence-electron chi connectivity index (χ1n) is 11.0. The lowest BCUT2D eigenvalue weighted by Crippen LogP contribution is -2.56. The fourth-order valence-corrected chi connectivity index (χ4v) is 6.91. The highest BCUT2D eigenvalue weighted by Crippen LogP contribution is 2.61. The van der Waals surface area contributed by atoms with Gasteiger partial charge in [0.25, 0.3) is 5.91 Å². The number of ether oxygens (including phenoxy) is 1. The number of carbonyl (C=O) groups is 2. The van der Waals surface area contributed by atoms with Gasteiger partial charge in [0.05, 0.1) is 5.41 Å². The quantitative estimate of drug-likeness (QED) is 0.758. The number of hydrogen-bond acceptors (Lipinski definition) is 3. The highest BCUT2D eigenvalue weighted by atomic mass is 16.5. The molecule has 0 unspecified atom stereocenters. The minimum absolute atomic E-state index is 0.152. The minimum atomic E-state index is -0.521. The Hall–Kier alpha value is -1.84. The van der Waals surface area contributed by atoms with Crippen molar-refractivity contribution >= 4 is 11.9 Å². The molecule has 5 fully saturated rings. The Kier molecular flexibility index (Phi) is 4.29. The normalized spacial score (nSPS) is 35.2. The van der Waals surface area contributed by atoms with Crippen LogP contribution in [0.2, 0.25) is 0 Å². The molecule has 0 aromatic heterocycles. The molecular weight excluding hydrogens is 350 g/mol. The molecule has 1 aromatic carbocycles. The average Bonchev–Trinajstić information content (AvgIpc) is 3.48. The number of esters is 1. The molecule has 1 atom stereocenters. The smallest absolute Gasteiger partial charge is 0.317 e. The van der Waals surface area contributed by atoms with E-state index in [2.05, 4.69) is 12.2 Å². The molecule has 0 aliphatic heterocycles. The van der Waals surface area contributed by atoms with Gasteiger partial charge in [-0.15, -0.1) is 0 Å². The van der Waals surface area contributed by atoms with Gasteiger partial charge >= 0.3 is 5.97 Å². The number of rotatable bonds is 6. The van der Waals surface area contributed by atoms with Gasteiger partial charge in [-0.25, -0.2) is 0 Å². The van der Waals surface area contributed by atoms with Gasteiger partial charge in [0.15, 0.2) is 6.61 Å². The third-order valence-corrected chi connectivity index (χ3v) is 8.18. The summed E-state index contributed by atoms with van der Waals surface area (Å²) in [6.07, 6.45) is 9.60. The number of carbonyl (C=O) groups excluding carboxylic acids is 2. The van der Waals surface area contributed by atoms with E-state index in [-0.39, 0.29) is 29.9 Å². The van der Waals surface area contributed by atoms with E-state index in [1.165, 1.54) is 38.5 Å². The van der Waals surface area contributed by atoms with Crippen molar-refractivity contribution in [3.63, 3.8) is 0 Å². The van der Waals surface area contributed by atoms with Crippen LogP contribution in [0.3, 0.4) is 0 Å². The van der Waals surface area contributed by atoms with Crippen LogP contribution in [0, 0.1) is 23.2 Å². The van der Waals surface area contributed by atoms with E-state index in [4.69, 9.17) is 4.74 Å². The first-order chi connectivity index (χ1) is 13.5. The predicted molar refractivity (Wildman–Crippen MR) is 107 cm³/mol. The predicted octanol–water partition coefficient (Wildman–Crippen LogP) is 3.98. The fourth-order valence-electron chi connectivity index (χ4n) is 6.91. The zero-order valence-electron chi connectivity index (χ0n) is 16.8. The molecule has 0 spiro atoms. The topological polar surface area (TPSA) is 55.4 Å². The van der Waals surface area contributed by atoms with E-state index in [1.807, 2.05) is 30.3 Å². The van der Waals surface area contributed by atoms with Crippen molar-refractivity contribution in [1.82, 2.24) is 5.32 Å². The summed E-state index contributed by atoms with van der Waals surface area (Å²) < 4.78 is 5.45. The van der Waals surface area contributed by atoms with Gasteiger partial charge in [-0.2, -0.15) is 0 Å². The molecule has 4 nitrogen and oxygen atoms in total. The summed E-state index contributed by atoms with van der Waals surface area (Å²) in [5.74, 6) is 2.19. The molecule has 150 valence electrons. The highest BCUT2D eigenvalue weighted by molar-refractivity contribution is 5.89. The zero-order chi connectivity index (χ0) is 19.4. The first kappa shape index (κ1) is 18.2. The SMILES string of the molecule is C[C@H](NC(=O)COC(=O)C1(c2ccccc2)CC1)C12CC3CC(CC(C3)C1)C2. The lowest BCUT2D eigenvalue weighted by molar-refractivity contribution is -0.152. The summed E-state index contributed by atoms with van der Waals surface area (Å²) in [7, 11) is 0. The third-order valence-electron chi connectivity index (χ3n) is 8.18. The van der Waals surface area contributed by atoms with Crippen molar-refractivity contribution in [2.24, 2.45) is 23.2 Å². The summed E-state index contributed by atoms with van der Waals surface area (Å²) in [6, 6.07) is 9.96. The maximum atomic E-state index is 12.6. The Morgan fingerprint density at radius 3 is 2.14 bits per heavy atom. The molecule has 0 radical (unpaired) electrons. The standard InChI is InChI=1S/C24H31NO3/c1-16(23-12-17-9-18(13-23)11-19(10-17)14-23)25-21(26)15-28-22(27)24(7-8-24)20-5-3-2-4-6-20/h2-6,16-19H,7-15H2,1H3,(H,25,26)/t16-,17?,18?,19?,23?/m0/s1. The van der Waals surface area contributed by atoms with Crippen molar-refractivity contribution in [2.45, 2.75) is 69.7 Å². The first-order valence-corrected chi connectivity index (χ1v) is 11.0. The lowest BCUT2D eigenvalue weighted by atomic mass is 9.48. The van der Waals surface area contributed by atoms with Crippen LogP contribution in [-0.4, -0.2) is 24.5 Å². The van der Waals surface area contributed by atoms with Crippen LogP contribution in [-0.2, 0) is 19.7 Å². The van der Waals surface area contributed by atoms with Crippen molar-refractivity contribution in [2.75, 3.05) is 6.61 Å². The Balaban J connectivity index is 1.17. The number of nitrogens with one attached hydrogen (secondary N) is 1. The summed E-state index contributed by atoms with van der Waals surface area (Å²) >= 11 is 0. The van der Waals surface area contributed by atoms with Crippen LogP contribution in [0.1, 0.15) is 63.9 Å². The van der Waals surface area contributed by atoms with E-state index in [0.29, 0.717) is 0 Å². The average molecular weight is 382 g/mol.